The predicted molar refractivity (Wildman–Crippen MR) is 103 cm³/mol. The number of anilines is 1. The molecule has 1 amide bonds. The molecule has 166 valence electrons. The Balaban J connectivity index is 1.64. The third-order valence-electron chi connectivity index (χ3n) is 4.18. The highest BCUT2D eigenvalue weighted by Gasteiger charge is 2.29. The van der Waals surface area contributed by atoms with E-state index < -0.39 is 30.3 Å². The highest BCUT2D eigenvalue weighted by atomic mass is 19.4. The molecule has 32 heavy (non-hydrogen) atoms. The Morgan fingerprint density at radius 1 is 1.16 bits per heavy atom. The SMILES string of the molecule is N#Cc1cc(Cn2ccc(NC(=O)Cc3ccc(F)cc3OCC(F)(F)F)n2)ccc1F. The number of nitriles is 1. The summed E-state index contributed by atoms with van der Waals surface area (Å²) in [6, 6.07) is 10.2. The molecule has 11 heteroatoms. The van der Waals surface area contributed by atoms with Crippen LogP contribution in [0.25, 0.3) is 0 Å². The highest BCUT2D eigenvalue weighted by molar-refractivity contribution is 5.91. The average Bonchev–Trinajstić information content (AvgIpc) is 3.15. The normalized spacial score (nSPS) is 11.1. The fraction of sp³-hybridized carbons (Fsp3) is 0.190. The molecule has 0 fully saturated rings. The second kappa shape index (κ2) is 9.47. The minimum atomic E-state index is -4.61. The molecule has 0 spiro atoms. The van der Waals surface area contributed by atoms with Gasteiger partial charge < -0.3 is 10.1 Å². The zero-order chi connectivity index (χ0) is 23.3. The number of carbonyl (C=O) groups excluding carboxylic acids is 1. The molecule has 0 aliphatic rings. The number of benzene rings is 2. The fourth-order valence-corrected chi connectivity index (χ4v) is 2.79. The maximum Gasteiger partial charge on any atom is 0.422 e. The first-order valence-electron chi connectivity index (χ1n) is 9.13. The van der Waals surface area contributed by atoms with Crippen molar-refractivity contribution in [3.63, 3.8) is 0 Å². The van der Waals surface area contributed by atoms with Crippen molar-refractivity contribution in [1.29, 1.82) is 5.26 Å². The molecule has 1 N–H and O–H groups in total. The largest absolute Gasteiger partial charge is 0.484 e. The van der Waals surface area contributed by atoms with Gasteiger partial charge in [-0.15, -0.1) is 0 Å². The van der Waals surface area contributed by atoms with Gasteiger partial charge in [-0.05, 0) is 23.8 Å². The molecule has 3 aromatic rings. The van der Waals surface area contributed by atoms with Crippen LogP contribution in [-0.4, -0.2) is 28.5 Å². The summed E-state index contributed by atoms with van der Waals surface area (Å²) >= 11 is 0. The average molecular weight is 450 g/mol. The van der Waals surface area contributed by atoms with Crippen molar-refractivity contribution >= 4 is 11.7 Å². The van der Waals surface area contributed by atoms with Crippen molar-refractivity contribution in [2.75, 3.05) is 11.9 Å². The van der Waals surface area contributed by atoms with Crippen LogP contribution in [0.15, 0.2) is 48.7 Å². The first-order valence-corrected chi connectivity index (χ1v) is 9.13. The number of hydrogen-bond donors (Lipinski definition) is 1. The number of amides is 1. The quantitative estimate of drug-likeness (QED) is 0.547. The van der Waals surface area contributed by atoms with E-state index >= 15 is 0 Å². The number of aromatic nitrogens is 2. The third-order valence-corrected chi connectivity index (χ3v) is 4.18. The van der Waals surface area contributed by atoms with E-state index in [-0.39, 0.29) is 35.7 Å². The third kappa shape index (κ3) is 6.28. The van der Waals surface area contributed by atoms with Crippen LogP contribution < -0.4 is 10.1 Å². The number of hydrogen-bond acceptors (Lipinski definition) is 4. The van der Waals surface area contributed by atoms with Crippen LogP contribution in [0, 0.1) is 23.0 Å². The van der Waals surface area contributed by atoms with Crippen LogP contribution in [0.4, 0.5) is 27.8 Å². The van der Waals surface area contributed by atoms with Crippen molar-refractivity contribution < 1.29 is 31.5 Å². The van der Waals surface area contributed by atoms with Gasteiger partial charge in [0.05, 0.1) is 18.5 Å². The molecule has 0 saturated carbocycles. The van der Waals surface area contributed by atoms with Crippen LogP contribution in [0.3, 0.4) is 0 Å². The van der Waals surface area contributed by atoms with E-state index in [1.54, 1.807) is 12.3 Å². The summed E-state index contributed by atoms with van der Waals surface area (Å²) in [5.74, 6) is -2.26. The molecule has 0 atom stereocenters. The highest BCUT2D eigenvalue weighted by Crippen LogP contribution is 2.24. The van der Waals surface area contributed by atoms with E-state index in [9.17, 15) is 26.7 Å². The molecular weight excluding hydrogens is 435 g/mol. The van der Waals surface area contributed by atoms with Crippen LogP contribution in [0.5, 0.6) is 5.75 Å². The number of halogens is 5. The predicted octanol–water partition coefficient (Wildman–Crippen LogP) is 4.20. The molecule has 0 bridgehead atoms. The topological polar surface area (TPSA) is 79.9 Å². The van der Waals surface area contributed by atoms with Gasteiger partial charge in [-0.3, -0.25) is 9.48 Å². The van der Waals surface area contributed by atoms with Crippen LogP contribution in [0.2, 0.25) is 0 Å². The van der Waals surface area contributed by atoms with E-state index in [4.69, 9.17) is 5.26 Å². The van der Waals surface area contributed by atoms with Crippen molar-refractivity contribution in [3.05, 3.63) is 77.0 Å². The summed E-state index contributed by atoms with van der Waals surface area (Å²) in [6.07, 6.45) is -3.44. The zero-order valence-corrected chi connectivity index (χ0v) is 16.3. The maximum atomic E-state index is 13.4. The monoisotopic (exact) mass is 450 g/mol. The van der Waals surface area contributed by atoms with Crippen molar-refractivity contribution in [1.82, 2.24) is 9.78 Å². The van der Waals surface area contributed by atoms with Gasteiger partial charge in [0, 0.05) is 23.9 Å². The Kier molecular flexibility index (Phi) is 6.73. The summed E-state index contributed by atoms with van der Waals surface area (Å²) in [5, 5.41) is 15.5. The molecule has 0 radical (unpaired) electrons. The number of nitrogens with one attached hydrogen (secondary N) is 1. The Bertz CT molecular complexity index is 1170. The number of ether oxygens (including phenoxy) is 1. The van der Waals surface area contributed by atoms with Gasteiger partial charge in [-0.1, -0.05) is 12.1 Å². The van der Waals surface area contributed by atoms with Crippen molar-refractivity contribution in [2.45, 2.75) is 19.1 Å². The minimum absolute atomic E-state index is 0.0722. The summed E-state index contributed by atoms with van der Waals surface area (Å²) in [4.78, 5) is 12.3. The second-order valence-electron chi connectivity index (χ2n) is 6.71. The van der Waals surface area contributed by atoms with Gasteiger partial charge in [0.15, 0.2) is 12.4 Å². The van der Waals surface area contributed by atoms with Crippen LogP contribution in [0.1, 0.15) is 16.7 Å². The molecule has 3 rings (SSSR count). The van der Waals surface area contributed by atoms with Gasteiger partial charge in [-0.25, -0.2) is 8.78 Å². The lowest BCUT2D eigenvalue weighted by molar-refractivity contribution is -0.153. The Hall–Kier alpha value is -3.94. The van der Waals surface area contributed by atoms with Crippen molar-refractivity contribution in [3.8, 4) is 11.8 Å². The summed E-state index contributed by atoms with van der Waals surface area (Å²) in [6.45, 7) is -1.41. The Morgan fingerprint density at radius 3 is 2.66 bits per heavy atom. The second-order valence-corrected chi connectivity index (χ2v) is 6.71. The van der Waals surface area contributed by atoms with Crippen LogP contribution >= 0.6 is 0 Å². The molecule has 0 aliphatic heterocycles. The van der Waals surface area contributed by atoms with E-state index in [1.165, 1.54) is 35.0 Å². The Labute approximate surface area is 178 Å². The summed E-state index contributed by atoms with van der Waals surface area (Å²) in [5.41, 5.74) is 0.579. The molecule has 0 aliphatic carbocycles. The smallest absolute Gasteiger partial charge is 0.422 e. The summed E-state index contributed by atoms with van der Waals surface area (Å²) < 4.78 is 70.1. The summed E-state index contributed by atoms with van der Waals surface area (Å²) in [7, 11) is 0. The zero-order valence-electron chi connectivity index (χ0n) is 16.3. The van der Waals surface area contributed by atoms with Gasteiger partial charge in [0.1, 0.15) is 23.5 Å². The molecule has 2 aromatic carbocycles. The van der Waals surface area contributed by atoms with Crippen molar-refractivity contribution in [2.24, 2.45) is 0 Å². The number of alkyl halides is 3. The maximum absolute atomic E-state index is 13.4. The molecule has 6 nitrogen and oxygen atoms in total. The Morgan fingerprint density at radius 2 is 1.94 bits per heavy atom. The standard InChI is InChI=1S/C21H15F5N4O2/c22-16-3-2-14(18(9-16)32-12-21(24,25)26)8-20(31)28-19-5-6-30(29-19)11-13-1-4-17(23)15(7-13)10-27/h1-7,9H,8,11-12H2,(H,28,29,31). The lowest BCUT2D eigenvalue weighted by Gasteiger charge is -2.13. The van der Waals surface area contributed by atoms with Gasteiger partial charge in [-0.2, -0.15) is 23.5 Å². The molecule has 1 aromatic heterocycles. The molecule has 0 saturated heterocycles. The van der Waals surface area contributed by atoms with Gasteiger partial charge in [0.25, 0.3) is 0 Å². The number of nitrogens with zero attached hydrogens (tertiary/aromatic N) is 3. The first kappa shape index (κ1) is 22.7. The lowest BCUT2D eigenvalue weighted by Crippen LogP contribution is -2.21. The molecular formula is C21H15F5N4O2. The lowest BCUT2D eigenvalue weighted by atomic mass is 10.1. The minimum Gasteiger partial charge on any atom is -0.484 e. The number of rotatable bonds is 7. The van der Waals surface area contributed by atoms with E-state index in [1.807, 2.05) is 0 Å². The molecule has 1 heterocycles. The first-order chi connectivity index (χ1) is 15.1. The number of carbonyl (C=O) groups is 1. The van der Waals surface area contributed by atoms with E-state index in [0.29, 0.717) is 5.56 Å². The van der Waals surface area contributed by atoms with E-state index in [0.717, 1.165) is 12.1 Å². The van der Waals surface area contributed by atoms with Gasteiger partial charge in [0.2, 0.25) is 5.91 Å². The molecule has 0 unspecified atom stereocenters. The van der Waals surface area contributed by atoms with E-state index in [2.05, 4.69) is 15.2 Å². The van der Waals surface area contributed by atoms with Crippen LogP contribution in [-0.2, 0) is 17.8 Å². The van der Waals surface area contributed by atoms with Gasteiger partial charge >= 0.3 is 6.18 Å². The fourth-order valence-electron chi connectivity index (χ4n) is 2.79.